The number of halogens is 3. The van der Waals surface area contributed by atoms with Crippen LogP contribution in [0.15, 0.2) is 40.5 Å². The van der Waals surface area contributed by atoms with Gasteiger partial charge in [-0.1, -0.05) is 6.92 Å². The fraction of sp³-hybridized carbons (Fsp3) is 0.500. The van der Waals surface area contributed by atoms with Crippen molar-refractivity contribution in [2.45, 2.75) is 45.2 Å². The number of carbonyl (C=O) groups is 1. The molecule has 0 saturated heterocycles. The second-order valence-electron chi connectivity index (χ2n) is 6.83. The third-order valence-corrected chi connectivity index (χ3v) is 4.74. The molecule has 1 fully saturated rings. The molecule has 0 aromatic heterocycles. The Balaban J connectivity index is 1.94. The minimum atomic E-state index is -4.54. The van der Waals surface area contributed by atoms with Crippen molar-refractivity contribution in [2.75, 3.05) is 19.0 Å². The monoisotopic (exact) mass is 397 g/mol. The lowest BCUT2D eigenvalue weighted by Crippen LogP contribution is -2.26. The number of amides is 1. The van der Waals surface area contributed by atoms with Gasteiger partial charge in [-0.15, -0.1) is 0 Å². The van der Waals surface area contributed by atoms with Crippen molar-refractivity contribution in [3.05, 3.63) is 35.5 Å². The number of anilines is 1. The van der Waals surface area contributed by atoms with Crippen LogP contribution in [0, 0.1) is 5.92 Å². The maximum Gasteiger partial charge on any atom is 0.431 e. The van der Waals surface area contributed by atoms with E-state index in [-0.39, 0.29) is 30.4 Å². The molecule has 1 aromatic carbocycles. The van der Waals surface area contributed by atoms with Gasteiger partial charge >= 0.3 is 6.18 Å². The molecule has 1 aromatic rings. The summed E-state index contributed by atoms with van der Waals surface area (Å²) in [5.74, 6) is 0.193. The maximum atomic E-state index is 12.9. The Bertz CT molecular complexity index is 740. The van der Waals surface area contributed by atoms with E-state index in [2.05, 4.69) is 10.3 Å². The number of rotatable bonds is 6. The van der Waals surface area contributed by atoms with E-state index >= 15 is 0 Å². The molecule has 0 aliphatic heterocycles. The molecule has 0 spiro atoms. The Morgan fingerprint density at radius 3 is 2.50 bits per heavy atom. The quantitative estimate of drug-likeness (QED) is 0.745. The van der Waals surface area contributed by atoms with Gasteiger partial charge in [0.05, 0.1) is 7.11 Å². The van der Waals surface area contributed by atoms with Crippen LogP contribution in [0.4, 0.5) is 18.9 Å². The zero-order valence-electron chi connectivity index (χ0n) is 16.1. The smallest absolute Gasteiger partial charge is 0.431 e. The average Bonchev–Trinajstić information content (AvgIpc) is 2.67. The number of alkyl halides is 3. The van der Waals surface area contributed by atoms with E-state index in [0.29, 0.717) is 36.4 Å². The van der Waals surface area contributed by atoms with Crippen LogP contribution in [0.2, 0.25) is 0 Å². The summed E-state index contributed by atoms with van der Waals surface area (Å²) in [7, 11) is 1.56. The molecule has 8 heteroatoms. The van der Waals surface area contributed by atoms with Gasteiger partial charge < -0.3 is 15.8 Å². The van der Waals surface area contributed by atoms with Crippen molar-refractivity contribution in [1.82, 2.24) is 0 Å². The molecule has 1 unspecified atom stereocenters. The molecule has 1 saturated carbocycles. The van der Waals surface area contributed by atoms with Crippen LogP contribution >= 0.6 is 0 Å². The molecular weight excluding hydrogens is 371 g/mol. The topological polar surface area (TPSA) is 76.7 Å². The van der Waals surface area contributed by atoms with Gasteiger partial charge in [0.15, 0.2) is 0 Å². The second-order valence-corrected chi connectivity index (χ2v) is 6.83. The Morgan fingerprint density at radius 1 is 1.25 bits per heavy atom. The predicted molar refractivity (Wildman–Crippen MR) is 103 cm³/mol. The van der Waals surface area contributed by atoms with E-state index in [1.165, 1.54) is 0 Å². The summed E-state index contributed by atoms with van der Waals surface area (Å²) in [5.41, 5.74) is 5.44. The highest BCUT2D eigenvalue weighted by Crippen LogP contribution is 2.31. The summed E-state index contributed by atoms with van der Waals surface area (Å²) in [6, 6.07) is 6.97. The molecule has 1 amide bonds. The van der Waals surface area contributed by atoms with Gasteiger partial charge in [0.2, 0.25) is 5.91 Å². The van der Waals surface area contributed by atoms with Crippen LogP contribution < -0.4 is 15.8 Å². The first-order chi connectivity index (χ1) is 13.2. The molecule has 2 rings (SSSR count). The molecule has 1 aliphatic carbocycles. The van der Waals surface area contributed by atoms with Crippen molar-refractivity contribution in [3.63, 3.8) is 0 Å². The molecule has 1 aliphatic rings. The summed E-state index contributed by atoms with van der Waals surface area (Å²) < 4.78 is 43.8. The number of carbonyl (C=O) groups excluding carboxylic acids is 1. The first-order valence-electron chi connectivity index (χ1n) is 9.26. The first kappa shape index (κ1) is 21.8. The lowest BCUT2D eigenvalue weighted by molar-refractivity contribution is -0.119. The minimum Gasteiger partial charge on any atom is -0.497 e. The Morgan fingerprint density at radius 2 is 1.89 bits per heavy atom. The maximum absolute atomic E-state index is 12.9. The van der Waals surface area contributed by atoms with Crippen molar-refractivity contribution in [2.24, 2.45) is 16.6 Å². The Hall–Kier alpha value is -2.51. The van der Waals surface area contributed by atoms with Gasteiger partial charge in [0.25, 0.3) is 0 Å². The molecule has 3 N–H and O–H groups in total. The number of nitrogens with zero attached hydrogens (tertiary/aromatic N) is 1. The van der Waals surface area contributed by atoms with Gasteiger partial charge in [-0.2, -0.15) is 13.2 Å². The lowest BCUT2D eigenvalue weighted by atomic mass is 9.91. The molecular formula is C20H26F3N3O2. The number of nitrogens with two attached hydrogens (primary N) is 1. The third kappa shape index (κ3) is 6.00. The fourth-order valence-corrected chi connectivity index (χ4v) is 2.99. The highest BCUT2D eigenvalue weighted by Gasteiger charge is 2.35. The standard InChI is InChI=1S/C20H26F3N3O2/c1-13(19(27)26-14-7-9-15(28-2)10-8-14)11-12-25-17-6-4-3-5-16(17)18(24)20(21,22)23/h7-10,13H,3-6,11-12,24H2,1-2H3,(H,26,27). The molecule has 28 heavy (non-hydrogen) atoms. The number of hydrogen-bond acceptors (Lipinski definition) is 4. The summed E-state index contributed by atoms with van der Waals surface area (Å²) in [5, 5.41) is 2.81. The van der Waals surface area contributed by atoms with Crippen LogP contribution in [-0.4, -0.2) is 31.4 Å². The van der Waals surface area contributed by atoms with E-state index < -0.39 is 11.9 Å². The van der Waals surface area contributed by atoms with Crippen molar-refractivity contribution < 1.29 is 22.7 Å². The number of aliphatic imine (C=N–C) groups is 1. The summed E-state index contributed by atoms with van der Waals surface area (Å²) in [4.78, 5) is 16.6. The molecule has 0 heterocycles. The van der Waals surface area contributed by atoms with Crippen molar-refractivity contribution in [1.29, 1.82) is 0 Å². The van der Waals surface area contributed by atoms with Crippen LogP contribution in [-0.2, 0) is 4.79 Å². The minimum absolute atomic E-state index is 0.106. The fourth-order valence-electron chi connectivity index (χ4n) is 2.99. The van der Waals surface area contributed by atoms with Crippen LogP contribution in [0.25, 0.3) is 0 Å². The van der Waals surface area contributed by atoms with E-state index in [9.17, 15) is 18.0 Å². The van der Waals surface area contributed by atoms with E-state index in [0.717, 1.165) is 6.42 Å². The zero-order chi connectivity index (χ0) is 20.7. The van der Waals surface area contributed by atoms with Crippen LogP contribution in [0.3, 0.4) is 0 Å². The third-order valence-electron chi connectivity index (χ3n) is 4.74. The number of hydrogen-bond donors (Lipinski definition) is 2. The summed E-state index contributed by atoms with van der Waals surface area (Å²) in [6.07, 6.45) is -1.87. The predicted octanol–water partition coefficient (Wildman–Crippen LogP) is 4.45. The Labute approximate surface area is 162 Å². The molecule has 1 atom stereocenters. The van der Waals surface area contributed by atoms with Crippen molar-refractivity contribution in [3.8, 4) is 5.75 Å². The largest absolute Gasteiger partial charge is 0.497 e. The molecule has 154 valence electrons. The van der Waals surface area contributed by atoms with E-state index in [4.69, 9.17) is 10.5 Å². The van der Waals surface area contributed by atoms with Gasteiger partial charge in [0, 0.05) is 29.4 Å². The highest BCUT2D eigenvalue weighted by molar-refractivity contribution is 6.01. The zero-order valence-corrected chi connectivity index (χ0v) is 16.1. The molecule has 0 radical (unpaired) electrons. The number of ether oxygens (including phenoxy) is 1. The van der Waals surface area contributed by atoms with E-state index in [1.54, 1.807) is 38.3 Å². The Kier molecular flexibility index (Phi) is 7.48. The number of nitrogens with one attached hydrogen (secondary N) is 1. The normalized spacial score (nSPS) is 19.2. The lowest BCUT2D eigenvalue weighted by Gasteiger charge is -2.21. The second kappa shape index (κ2) is 9.61. The summed E-state index contributed by atoms with van der Waals surface area (Å²) >= 11 is 0. The number of benzene rings is 1. The van der Waals surface area contributed by atoms with Crippen LogP contribution in [0.5, 0.6) is 5.75 Å². The van der Waals surface area contributed by atoms with Crippen molar-refractivity contribution >= 4 is 17.3 Å². The first-order valence-corrected chi connectivity index (χ1v) is 9.26. The SMILES string of the molecule is COc1ccc(NC(=O)C(C)CCN=C2CCCCC2=C(N)C(F)(F)F)cc1. The van der Waals surface area contributed by atoms with Gasteiger partial charge in [-0.25, -0.2) is 0 Å². The van der Waals surface area contributed by atoms with Gasteiger partial charge in [0.1, 0.15) is 11.4 Å². The van der Waals surface area contributed by atoms with Gasteiger partial charge in [-0.05, 0) is 56.4 Å². The highest BCUT2D eigenvalue weighted by atomic mass is 19.4. The summed E-state index contributed by atoms with van der Waals surface area (Å²) in [6.45, 7) is 2.04. The van der Waals surface area contributed by atoms with Crippen LogP contribution in [0.1, 0.15) is 39.0 Å². The average molecular weight is 397 g/mol. The number of allylic oxidation sites excluding steroid dienone is 2. The van der Waals surface area contributed by atoms with E-state index in [1.807, 2.05) is 0 Å². The molecule has 5 nitrogen and oxygen atoms in total. The van der Waals surface area contributed by atoms with Gasteiger partial charge in [-0.3, -0.25) is 9.79 Å². The molecule has 0 bridgehead atoms. The number of methoxy groups -OCH3 is 1.